The average Bonchev–Trinajstić information content (AvgIpc) is 2.65. The minimum absolute atomic E-state index is 0.284. The van der Waals surface area contributed by atoms with Gasteiger partial charge in [-0.15, -0.1) is 0 Å². The number of ether oxygens (including phenoxy) is 3. The monoisotopic (exact) mass is 395 g/mol. The molecule has 7 heteroatoms. The first-order valence-electron chi connectivity index (χ1n) is 9.25. The van der Waals surface area contributed by atoms with Gasteiger partial charge in [0, 0.05) is 16.7 Å². The van der Waals surface area contributed by atoms with Gasteiger partial charge >= 0.3 is 17.9 Å². The number of hydrogen-bond acceptors (Lipinski definition) is 7. The highest BCUT2D eigenvalue weighted by Gasteiger charge is 2.16. The van der Waals surface area contributed by atoms with Crippen molar-refractivity contribution in [2.24, 2.45) is 0 Å². The molecule has 0 spiro atoms. The predicted molar refractivity (Wildman–Crippen MR) is 107 cm³/mol. The third-order valence-electron chi connectivity index (χ3n) is 4.05. The van der Waals surface area contributed by atoms with Gasteiger partial charge in [0.15, 0.2) is 6.23 Å². The topological polar surface area (TPSA) is 82.1 Å². The molecule has 7 nitrogen and oxygen atoms in total. The maximum atomic E-state index is 12.3. The van der Waals surface area contributed by atoms with Crippen molar-refractivity contribution in [2.45, 2.75) is 53.7 Å². The number of esters is 3. The van der Waals surface area contributed by atoms with Crippen LogP contribution in [0.2, 0.25) is 0 Å². The Morgan fingerprint density at radius 3 is 1.96 bits per heavy atom. The van der Waals surface area contributed by atoms with E-state index in [-0.39, 0.29) is 11.1 Å². The Balaban J connectivity index is 5.84. The quantitative estimate of drug-likeness (QED) is 0.140. The van der Waals surface area contributed by atoms with Crippen LogP contribution in [0.4, 0.5) is 0 Å². The van der Waals surface area contributed by atoms with Gasteiger partial charge in [0.2, 0.25) is 0 Å². The van der Waals surface area contributed by atoms with Crippen LogP contribution in [0.15, 0.2) is 34.4 Å². The van der Waals surface area contributed by atoms with Gasteiger partial charge in [-0.25, -0.2) is 14.4 Å². The van der Waals surface area contributed by atoms with E-state index in [2.05, 4.69) is 0 Å². The van der Waals surface area contributed by atoms with Crippen molar-refractivity contribution in [1.82, 2.24) is 4.90 Å². The summed E-state index contributed by atoms with van der Waals surface area (Å²) in [7, 11) is 4.86. The molecular weight excluding hydrogens is 362 g/mol. The van der Waals surface area contributed by atoms with Gasteiger partial charge < -0.3 is 14.2 Å². The highest BCUT2D eigenvalue weighted by atomic mass is 16.6. The summed E-state index contributed by atoms with van der Waals surface area (Å²) in [6.07, 6.45) is 4.26. The lowest BCUT2D eigenvalue weighted by atomic mass is 10.0. The highest BCUT2D eigenvalue weighted by Crippen LogP contribution is 2.16. The van der Waals surface area contributed by atoms with Crippen LogP contribution in [-0.4, -0.2) is 56.8 Å². The maximum absolute atomic E-state index is 12.3. The number of carbonyl (C=O) groups excluding carboxylic acids is 3. The Bertz CT molecular complexity index is 658. The molecule has 0 fully saturated rings. The fourth-order valence-electron chi connectivity index (χ4n) is 1.89. The van der Waals surface area contributed by atoms with Crippen LogP contribution in [0.3, 0.4) is 0 Å². The molecule has 0 bridgehead atoms. The summed E-state index contributed by atoms with van der Waals surface area (Å²) in [5, 5.41) is 0. The number of unbranched alkanes of at least 4 members (excludes halogenated alkanes) is 1. The van der Waals surface area contributed by atoms with Crippen molar-refractivity contribution >= 4 is 17.9 Å². The SMILES string of the molecule is CCCCOC(=O)/C(C)=C(/C=C(\C)C(=O)OC)\C=C(/C)C(=O)OC(C)N(C)C. The van der Waals surface area contributed by atoms with Gasteiger partial charge in [-0.2, -0.15) is 0 Å². The Morgan fingerprint density at radius 1 is 0.964 bits per heavy atom. The van der Waals surface area contributed by atoms with Crippen molar-refractivity contribution in [3.05, 3.63) is 34.4 Å². The van der Waals surface area contributed by atoms with E-state index in [1.54, 1.807) is 46.7 Å². The number of allylic oxidation sites excluding steroid dienone is 3. The summed E-state index contributed by atoms with van der Waals surface area (Å²) < 4.78 is 15.3. The molecule has 1 atom stereocenters. The van der Waals surface area contributed by atoms with Crippen LogP contribution in [0.1, 0.15) is 47.5 Å². The maximum Gasteiger partial charge on any atom is 0.335 e. The molecule has 0 aromatic carbocycles. The molecule has 0 aromatic heterocycles. The molecule has 0 aromatic rings. The van der Waals surface area contributed by atoms with Gasteiger partial charge in [-0.05, 0) is 65.9 Å². The zero-order valence-electron chi connectivity index (χ0n) is 18.3. The molecule has 0 radical (unpaired) electrons. The Morgan fingerprint density at radius 2 is 1.50 bits per heavy atom. The van der Waals surface area contributed by atoms with Crippen LogP contribution in [0, 0.1) is 0 Å². The summed E-state index contributed by atoms with van der Waals surface area (Å²) in [4.78, 5) is 38.1. The zero-order valence-corrected chi connectivity index (χ0v) is 18.3. The summed E-state index contributed by atoms with van der Waals surface area (Å²) in [6.45, 7) is 8.79. The normalized spacial score (nSPS) is 14.3. The predicted octanol–water partition coefficient (Wildman–Crippen LogP) is 3.16. The molecule has 0 N–H and O–H groups in total. The molecule has 0 aliphatic heterocycles. The highest BCUT2D eigenvalue weighted by molar-refractivity contribution is 5.94. The van der Waals surface area contributed by atoms with E-state index >= 15 is 0 Å². The van der Waals surface area contributed by atoms with Gasteiger partial charge in [0.1, 0.15) is 0 Å². The zero-order chi connectivity index (χ0) is 21.9. The third-order valence-corrected chi connectivity index (χ3v) is 4.05. The number of rotatable bonds is 10. The first kappa shape index (κ1) is 25.6. The largest absolute Gasteiger partial charge is 0.466 e. The standard InChI is InChI=1S/C21H33NO6/c1-9-10-11-27-21(25)16(4)18(12-14(2)19(23)26-8)13-15(3)20(24)28-17(5)22(6)7/h12-13,17H,9-11H2,1-8H3/b14-12+,15-13+,18-16-. The Hall–Kier alpha value is -2.41. The summed E-state index contributed by atoms with van der Waals surface area (Å²) >= 11 is 0. The molecule has 0 saturated carbocycles. The minimum atomic E-state index is -0.528. The van der Waals surface area contributed by atoms with Crippen molar-refractivity contribution in [2.75, 3.05) is 27.8 Å². The summed E-state index contributed by atoms with van der Waals surface area (Å²) in [5.41, 5.74) is 1.25. The molecule has 0 heterocycles. The van der Waals surface area contributed by atoms with Crippen LogP contribution < -0.4 is 0 Å². The average molecular weight is 395 g/mol. The van der Waals surface area contributed by atoms with Crippen molar-refractivity contribution < 1.29 is 28.6 Å². The number of carbonyl (C=O) groups is 3. The Kier molecular flexibility index (Phi) is 11.8. The van der Waals surface area contributed by atoms with Gasteiger partial charge in [-0.1, -0.05) is 13.3 Å². The third kappa shape index (κ3) is 8.99. The van der Waals surface area contributed by atoms with Crippen LogP contribution in [0.5, 0.6) is 0 Å². The number of nitrogens with zero attached hydrogens (tertiary/aromatic N) is 1. The van der Waals surface area contributed by atoms with Gasteiger partial charge in [0.05, 0.1) is 13.7 Å². The molecule has 0 saturated heterocycles. The molecule has 0 amide bonds. The fourth-order valence-corrected chi connectivity index (χ4v) is 1.89. The second kappa shape index (κ2) is 12.9. The minimum Gasteiger partial charge on any atom is -0.466 e. The number of methoxy groups -OCH3 is 1. The van der Waals surface area contributed by atoms with Crippen molar-refractivity contribution in [1.29, 1.82) is 0 Å². The second-order valence-corrected chi connectivity index (χ2v) is 6.68. The van der Waals surface area contributed by atoms with Crippen LogP contribution in [-0.2, 0) is 28.6 Å². The number of hydrogen-bond donors (Lipinski definition) is 0. The fraction of sp³-hybridized carbons (Fsp3) is 0.571. The molecular formula is C21H33NO6. The van der Waals surface area contributed by atoms with Crippen molar-refractivity contribution in [3.63, 3.8) is 0 Å². The van der Waals surface area contributed by atoms with E-state index in [9.17, 15) is 14.4 Å². The molecule has 0 aliphatic rings. The van der Waals surface area contributed by atoms with E-state index in [4.69, 9.17) is 14.2 Å². The van der Waals surface area contributed by atoms with Crippen molar-refractivity contribution in [3.8, 4) is 0 Å². The van der Waals surface area contributed by atoms with Crippen LogP contribution >= 0.6 is 0 Å². The molecule has 158 valence electrons. The molecule has 0 rings (SSSR count). The van der Waals surface area contributed by atoms with E-state index in [0.29, 0.717) is 17.8 Å². The molecule has 0 aliphatic carbocycles. The van der Waals surface area contributed by atoms with Crippen LogP contribution in [0.25, 0.3) is 0 Å². The van der Waals surface area contributed by atoms with E-state index in [0.717, 1.165) is 12.8 Å². The molecule has 28 heavy (non-hydrogen) atoms. The summed E-state index contributed by atoms with van der Waals surface area (Å²) in [5.74, 6) is -1.55. The van der Waals surface area contributed by atoms with Gasteiger partial charge in [0.25, 0.3) is 0 Å². The first-order valence-corrected chi connectivity index (χ1v) is 9.25. The Labute approximate surface area is 168 Å². The smallest absolute Gasteiger partial charge is 0.335 e. The lowest BCUT2D eigenvalue weighted by Gasteiger charge is -2.20. The first-order chi connectivity index (χ1) is 13.0. The second-order valence-electron chi connectivity index (χ2n) is 6.68. The summed E-state index contributed by atoms with van der Waals surface area (Å²) in [6, 6.07) is 0. The lowest BCUT2D eigenvalue weighted by molar-refractivity contribution is -0.150. The van der Waals surface area contributed by atoms with Gasteiger partial charge in [-0.3, -0.25) is 4.90 Å². The molecule has 1 unspecified atom stereocenters. The van der Waals surface area contributed by atoms with E-state index in [1.807, 2.05) is 6.92 Å². The van der Waals surface area contributed by atoms with E-state index < -0.39 is 24.1 Å². The van der Waals surface area contributed by atoms with E-state index in [1.165, 1.54) is 19.3 Å². The lowest BCUT2D eigenvalue weighted by Crippen LogP contribution is -2.30.